The Morgan fingerprint density at radius 2 is 1.91 bits per heavy atom. The van der Waals surface area contributed by atoms with E-state index in [0.29, 0.717) is 5.92 Å². The molecule has 1 aliphatic carbocycles. The molecule has 3 rings (SSSR count). The highest BCUT2D eigenvalue weighted by Gasteiger charge is 2.56. The minimum absolute atomic E-state index is 0.0788. The Labute approximate surface area is 148 Å². The van der Waals surface area contributed by atoms with Crippen LogP contribution >= 0.6 is 22.6 Å². The molecule has 1 fully saturated rings. The molecule has 1 atom stereocenters. The number of aliphatic hydroxyl groups is 1. The molecule has 3 heteroatoms. The lowest BCUT2D eigenvalue weighted by Crippen LogP contribution is -2.49. The zero-order valence-electron chi connectivity index (χ0n) is 14.2. The van der Waals surface area contributed by atoms with Gasteiger partial charge < -0.3 is 10.0 Å². The van der Waals surface area contributed by atoms with Gasteiger partial charge >= 0.3 is 0 Å². The van der Waals surface area contributed by atoms with Gasteiger partial charge in [-0.2, -0.15) is 0 Å². The van der Waals surface area contributed by atoms with Gasteiger partial charge in [-0.05, 0) is 74.5 Å². The molecule has 1 aliphatic heterocycles. The average molecular weight is 413 g/mol. The summed E-state index contributed by atoms with van der Waals surface area (Å²) in [4.78, 5) is 2.39. The molecule has 1 N–H and O–H groups in total. The smallest absolute Gasteiger partial charge is 0.0984 e. The SMILES string of the molecule is Cc1c(CI)ccc2c1C(O)(C1CCN(C)CC1)C(C)(C)C2. The second-order valence-corrected chi connectivity index (χ2v) is 8.68. The Hall–Kier alpha value is -0.130. The molecule has 22 heavy (non-hydrogen) atoms. The zero-order valence-corrected chi connectivity index (χ0v) is 16.4. The van der Waals surface area contributed by atoms with Gasteiger partial charge in [0.15, 0.2) is 0 Å². The van der Waals surface area contributed by atoms with Crippen LogP contribution in [-0.2, 0) is 16.4 Å². The van der Waals surface area contributed by atoms with Crippen molar-refractivity contribution < 1.29 is 5.11 Å². The highest BCUT2D eigenvalue weighted by molar-refractivity contribution is 14.1. The van der Waals surface area contributed by atoms with E-state index in [1.165, 1.54) is 22.3 Å². The summed E-state index contributed by atoms with van der Waals surface area (Å²) in [6, 6.07) is 4.53. The number of piperidine rings is 1. The highest BCUT2D eigenvalue weighted by atomic mass is 127. The number of benzene rings is 1. The van der Waals surface area contributed by atoms with Crippen LogP contribution in [0.3, 0.4) is 0 Å². The van der Waals surface area contributed by atoms with Gasteiger partial charge in [0.25, 0.3) is 0 Å². The van der Waals surface area contributed by atoms with E-state index in [-0.39, 0.29) is 5.41 Å². The zero-order chi connectivity index (χ0) is 16.1. The second-order valence-electron chi connectivity index (χ2n) is 7.92. The Bertz CT molecular complexity index is 575. The Morgan fingerprint density at radius 1 is 1.27 bits per heavy atom. The number of hydrogen-bond acceptors (Lipinski definition) is 2. The van der Waals surface area contributed by atoms with Gasteiger partial charge in [-0.1, -0.05) is 48.6 Å². The molecule has 0 spiro atoms. The number of likely N-dealkylation sites (tertiary alicyclic amines) is 1. The second kappa shape index (κ2) is 5.75. The minimum atomic E-state index is -0.671. The van der Waals surface area contributed by atoms with E-state index < -0.39 is 5.60 Å². The molecule has 0 radical (unpaired) electrons. The molecule has 0 aromatic heterocycles. The van der Waals surface area contributed by atoms with Crippen molar-refractivity contribution in [1.82, 2.24) is 4.90 Å². The van der Waals surface area contributed by atoms with Gasteiger partial charge in [-0.15, -0.1) is 0 Å². The first-order valence-electron chi connectivity index (χ1n) is 8.40. The standard InChI is InChI=1S/C19H28INO/c1-13-15(12-20)6-5-14-11-18(2,3)19(22,17(13)14)16-7-9-21(4)10-8-16/h5-6,16,22H,7-12H2,1-4H3. The summed E-state index contributed by atoms with van der Waals surface area (Å²) < 4.78 is 1.01. The van der Waals surface area contributed by atoms with Gasteiger partial charge in [-0.3, -0.25) is 0 Å². The number of rotatable bonds is 2. The van der Waals surface area contributed by atoms with Crippen LogP contribution < -0.4 is 0 Å². The summed E-state index contributed by atoms with van der Waals surface area (Å²) in [5, 5.41) is 12.0. The molecular formula is C19H28INO. The van der Waals surface area contributed by atoms with Crippen molar-refractivity contribution in [3.63, 3.8) is 0 Å². The lowest BCUT2D eigenvalue weighted by Gasteiger charge is -2.47. The van der Waals surface area contributed by atoms with Crippen molar-refractivity contribution >= 4 is 22.6 Å². The van der Waals surface area contributed by atoms with E-state index in [0.717, 1.165) is 36.8 Å². The van der Waals surface area contributed by atoms with Crippen LogP contribution in [0.4, 0.5) is 0 Å². The van der Waals surface area contributed by atoms with E-state index in [9.17, 15) is 5.11 Å². The molecule has 0 bridgehead atoms. The monoisotopic (exact) mass is 413 g/mol. The normalized spacial score (nSPS) is 28.8. The molecule has 1 saturated heterocycles. The van der Waals surface area contributed by atoms with Crippen LogP contribution in [0, 0.1) is 18.3 Å². The topological polar surface area (TPSA) is 23.5 Å². The predicted octanol–water partition coefficient (Wildman–Crippen LogP) is 4.04. The number of halogens is 1. The van der Waals surface area contributed by atoms with E-state index in [1.807, 2.05) is 0 Å². The predicted molar refractivity (Wildman–Crippen MR) is 101 cm³/mol. The molecule has 2 aliphatic rings. The first-order valence-corrected chi connectivity index (χ1v) is 9.92. The third kappa shape index (κ3) is 2.35. The van der Waals surface area contributed by atoms with E-state index in [1.54, 1.807) is 0 Å². The first kappa shape index (κ1) is 16.7. The summed E-state index contributed by atoms with van der Waals surface area (Å²) >= 11 is 2.43. The third-order valence-corrected chi connectivity index (χ3v) is 6.98. The van der Waals surface area contributed by atoms with Crippen molar-refractivity contribution in [1.29, 1.82) is 0 Å². The molecule has 0 amide bonds. The minimum Gasteiger partial charge on any atom is -0.384 e. The average Bonchev–Trinajstić information content (AvgIpc) is 2.68. The number of nitrogens with zero attached hydrogens (tertiary/aromatic N) is 1. The number of alkyl halides is 1. The van der Waals surface area contributed by atoms with Gasteiger partial charge in [0.2, 0.25) is 0 Å². The van der Waals surface area contributed by atoms with Crippen molar-refractivity contribution in [3.05, 3.63) is 34.4 Å². The van der Waals surface area contributed by atoms with E-state index >= 15 is 0 Å². The Morgan fingerprint density at radius 3 is 2.50 bits per heavy atom. The summed E-state index contributed by atoms with van der Waals surface area (Å²) in [5.41, 5.74) is 4.60. The van der Waals surface area contributed by atoms with Crippen LogP contribution in [-0.4, -0.2) is 30.1 Å². The summed E-state index contributed by atoms with van der Waals surface area (Å²) in [7, 11) is 2.19. The van der Waals surface area contributed by atoms with Crippen molar-refractivity contribution in [2.24, 2.45) is 11.3 Å². The first-order chi connectivity index (χ1) is 10.3. The molecule has 2 nitrogen and oxygen atoms in total. The fourth-order valence-electron chi connectivity index (χ4n) is 4.77. The Balaban J connectivity index is 2.11. The molecule has 1 heterocycles. The van der Waals surface area contributed by atoms with Gasteiger partial charge in [0.05, 0.1) is 5.60 Å². The van der Waals surface area contributed by atoms with Crippen molar-refractivity contribution in [3.8, 4) is 0 Å². The summed E-state index contributed by atoms with van der Waals surface area (Å²) in [6.45, 7) is 8.93. The molecule has 0 saturated carbocycles. The maximum Gasteiger partial charge on any atom is 0.0984 e. The van der Waals surface area contributed by atoms with Crippen molar-refractivity contribution in [2.45, 2.75) is 50.1 Å². The Kier molecular flexibility index (Phi) is 4.37. The van der Waals surface area contributed by atoms with Crippen LogP contribution in [0.2, 0.25) is 0 Å². The van der Waals surface area contributed by atoms with Gasteiger partial charge in [0.1, 0.15) is 0 Å². The molecule has 1 aromatic carbocycles. The third-order valence-electron chi connectivity index (χ3n) is 6.16. The van der Waals surface area contributed by atoms with Crippen LogP contribution in [0.25, 0.3) is 0 Å². The maximum atomic E-state index is 12.0. The number of fused-ring (bicyclic) bond motifs is 1. The largest absolute Gasteiger partial charge is 0.384 e. The number of hydrogen-bond donors (Lipinski definition) is 1. The quantitative estimate of drug-likeness (QED) is 0.585. The fraction of sp³-hybridized carbons (Fsp3) is 0.684. The molecule has 1 aromatic rings. The fourth-order valence-corrected chi connectivity index (χ4v) is 5.59. The molecule has 1 unspecified atom stereocenters. The maximum absolute atomic E-state index is 12.0. The van der Waals surface area contributed by atoms with Crippen molar-refractivity contribution in [2.75, 3.05) is 20.1 Å². The van der Waals surface area contributed by atoms with Crippen LogP contribution in [0.15, 0.2) is 12.1 Å². The highest BCUT2D eigenvalue weighted by Crippen LogP contribution is 2.57. The van der Waals surface area contributed by atoms with Crippen LogP contribution in [0.5, 0.6) is 0 Å². The van der Waals surface area contributed by atoms with Gasteiger partial charge in [-0.25, -0.2) is 0 Å². The molecule has 122 valence electrons. The molecular weight excluding hydrogens is 385 g/mol. The van der Waals surface area contributed by atoms with Gasteiger partial charge in [0, 0.05) is 9.84 Å². The summed E-state index contributed by atoms with van der Waals surface area (Å²) in [6.07, 6.45) is 3.20. The lowest BCUT2D eigenvalue weighted by atomic mass is 9.64. The van der Waals surface area contributed by atoms with Crippen LogP contribution in [0.1, 0.15) is 48.9 Å². The lowest BCUT2D eigenvalue weighted by molar-refractivity contribution is -0.121. The summed E-state index contributed by atoms with van der Waals surface area (Å²) in [5.74, 6) is 0.378. The van der Waals surface area contributed by atoms with E-state index in [4.69, 9.17) is 0 Å². The van der Waals surface area contributed by atoms with E-state index in [2.05, 4.69) is 67.4 Å².